The van der Waals surface area contributed by atoms with Crippen LogP contribution in [0.2, 0.25) is 5.02 Å². The standard InChI is InChI=1S/C7H9BClN3O3/c1-3-2-10-7(13)5-4(9)6(8(14)15)11-12(3)5/h3,14-15H,2H2,1H3,(H,10,13). The predicted molar refractivity (Wildman–Crippen MR) is 54.1 cm³/mol. The second kappa shape index (κ2) is 3.51. The maximum atomic E-state index is 11.5. The Kier molecular flexibility index (Phi) is 2.45. The minimum absolute atomic E-state index is 0.00551. The van der Waals surface area contributed by atoms with E-state index in [-0.39, 0.29) is 28.3 Å². The summed E-state index contributed by atoms with van der Waals surface area (Å²) >= 11 is 5.83. The molecule has 1 atom stereocenters. The summed E-state index contributed by atoms with van der Waals surface area (Å²) in [6.07, 6.45) is 0. The van der Waals surface area contributed by atoms with Gasteiger partial charge >= 0.3 is 7.12 Å². The van der Waals surface area contributed by atoms with Crippen molar-refractivity contribution in [3.05, 3.63) is 10.7 Å². The SMILES string of the molecule is CC1CNC(=O)c2c(Cl)c(B(O)O)nn21. The summed E-state index contributed by atoms with van der Waals surface area (Å²) < 4.78 is 1.41. The number of hydrogen-bond acceptors (Lipinski definition) is 4. The lowest BCUT2D eigenvalue weighted by molar-refractivity contribution is 0.0913. The lowest BCUT2D eigenvalue weighted by Crippen LogP contribution is -2.38. The first-order valence-corrected chi connectivity index (χ1v) is 4.82. The number of halogens is 1. The van der Waals surface area contributed by atoms with Gasteiger partial charge in [-0.15, -0.1) is 0 Å². The summed E-state index contributed by atoms with van der Waals surface area (Å²) in [5.41, 5.74) is 0.0917. The highest BCUT2D eigenvalue weighted by atomic mass is 35.5. The lowest BCUT2D eigenvalue weighted by atomic mass is 9.86. The first-order chi connectivity index (χ1) is 7.02. The van der Waals surface area contributed by atoms with Gasteiger partial charge in [0.1, 0.15) is 11.3 Å². The molecular weight excluding hydrogens is 220 g/mol. The van der Waals surface area contributed by atoms with E-state index in [9.17, 15) is 4.79 Å². The highest BCUT2D eigenvalue weighted by Gasteiger charge is 2.32. The van der Waals surface area contributed by atoms with E-state index in [0.29, 0.717) is 6.54 Å². The molecule has 0 radical (unpaired) electrons. The average Bonchev–Trinajstić information content (AvgIpc) is 2.51. The molecule has 15 heavy (non-hydrogen) atoms. The summed E-state index contributed by atoms with van der Waals surface area (Å²) in [4.78, 5) is 11.5. The molecule has 1 unspecified atom stereocenters. The first kappa shape index (κ1) is 10.5. The van der Waals surface area contributed by atoms with Crippen LogP contribution >= 0.6 is 11.6 Å². The summed E-state index contributed by atoms with van der Waals surface area (Å²) in [5, 5.41) is 24.5. The predicted octanol–water partition coefficient (Wildman–Crippen LogP) is -1.48. The van der Waals surface area contributed by atoms with Crippen molar-refractivity contribution in [2.45, 2.75) is 13.0 Å². The molecule has 2 heterocycles. The van der Waals surface area contributed by atoms with Crippen molar-refractivity contribution < 1.29 is 14.8 Å². The molecule has 80 valence electrons. The van der Waals surface area contributed by atoms with Crippen molar-refractivity contribution in [1.82, 2.24) is 15.1 Å². The van der Waals surface area contributed by atoms with E-state index >= 15 is 0 Å². The number of aromatic nitrogens is 2. The fraction of sp³-hybridized carbons (Fsp3) is 0.429. The third-order valence-corrected chi connectivity index (χ3v) is 2.69. The Morgan fingerprint density at radius 2 is 2.33 bits per heavy atom. The van der Waals surface area contributed by atoms with Gasteiger partial charge in [0.15, 0.2) is 0 Å². The minimum Gasteiger partial charge on any atom is -0.422 e. The highest BCUT2D eigenvalue weighted by molar-refractivity contribution is 6.62. The molecule has 0 aliphatic carbocycles. The van der Waals surface area contributed by atoms with Crippen LogP contribution in [0.15, 0.2) is 0 Å². The van der Waals surface area contributed by atoms with Crippen LogP contribution in [0.3, 0.4) is 0 Å². The Hall–Kier alpha value is -1.05. The van der Waals surface area contributed by atoms with E-state index in [0.717, 1.165) is 0 Å². The smallest absolute Gasteiger partial charge is 0.422 e. The van der Waals surface area contributed by atoms with Crippen LogP contribution in [0.4, 0.5) is 0 Å². The summed E-state index contributed by atoms with van der Waals surface area (Å²) in [7, 11) is -1.77. The third kappa shape index (κ3) is 1.52. The van der Waals surface area contributed by atoms with E-state index in [2.05, 4.69) is 10.4 Å². The van der Waals surface area contributed by atoms with Crippen LogP contribution in [0, 0.1) is 0 Å². The van der Waals surface area contributed by atoms with Gasteiger partial charge in [-0.05, 0) is 6.92 Å². The zero-order valence-electron chi connectivity index (χ0n) is 7.94. The number of carbonyl (C=O) groups excluding carboxylic acids is 1. The molecule has 1 amide bonds. The van der Waals surface area contributed by atoms with Crippen LogP contribution in [0.25, 0.3) is 0 Å². The van der Waals surface area contributed by atoms with Gasteiger partial charge in [0, 0.05) is 6.54 Å². The summed E-state index contributed by atoms with van der Waals surface area (Å²) in [6.45, 7) is 2.30. The number of nitrogens with zero attached hydrogens (tertiary/aromatic N) is 2. The van der Waals surface area contributed by atoms with Crippen molar-refractivity contribution in [3.63, 3.8) is 0 Å². The Balaban J connectivity index is 2.59. The molecule has 6 nitrogen and oxygen atoms in total. The molecule has 0 bridgehead atoms. The zero-order valence-corrected chi connectivity index (χ0v) is 8.69. The number of carbonyl (C=O) groups is 1. The Labute approximate surface area is 91.0 Å². The molecule has 3 N–H and O–H groups in total. The molecule has 1 aliphatic heterocycles. The summed E-state index contributed by atoms with van der Waals surface area (Å²) in [5.74, 6) is -0.350. The van der Waals surface area contributed by atoms with Crippen molar-refractivity contribution >= 4 is 30.2 Å². The maximum absolute atomic E-state index is 11.5. The van der Waals surface area contributed by atoms with E-state index < -0.39 is 7.12 Å². The number of nitrogens with one attached hydrogen (secondary N) is 1. The quantitative estimate of drug-likeness (QED) is 0.513. The number of rotatable bonds is 1. The molecule has 0 saturated carbocycles. The number of hydrogen-bond donors (Lipinski definition) is 3. The number of fused-ring (bicyclic) bond motifs is 1. The van der Waals surface area contributed by atoms with Crippen molar-refractivity contribution in [2.75, 3.05) is 6.54 Å². The van der Waals surface area contributed by atoms with Gasteiger partial charge in [-0.1, -0.05) is 11.6 Å². The van der Waals surface area contributed by atoms with Crippen molar-refractivity contribution in [1.29, 1.82) is 0 Å². The Morgan fingerprint density at radius 3 is 2.87 bits per heavy atom. The van der Waals surface area contributed by atoms with Crippen molar-refractivity contribution in [3.8, 4) is 0 Å². The number of amides is 1. The molecule has 8 heteroatoms. The Bertz CT molecular complexity index is 420. The van der Waals surface area contributed by atoms with Gasteiger partial charge in [0.2, 0.25) is 0 Å². The highest BCUT2D eigenvalue weighted by Crippen LogP contribution is 2.20. The Morgan fingerprint density at radius 1 is 1.67 bits per heavy atom. The summed E-state index contributed by atoms with van der Waals surface area (Å²) in [6, 6.07) is -0.0531. The van der Waals surface area contributed by atoms with E-state index in [1.807, 2.05) is 6.92 Å². The van der Waals surface area contributed by atoms with Crippen molar-refractivity contribution in [2.24, 2.45) is 0 Å². The molecule has 1 aromatic rings. The molecule has 0 aromatic carbocycles. The molecule has 1 aromatic heterocycles. The zero-order chi connectivity index (χ0) is 11.2. The molecule has 0 saturated heterocycles. The minimum atomic E-state index is -1.77. The van der Waals surface area contributed by atoms with Crippen LogP contribution < -0.4 is 10.9 Å². The first-order valence-electron chi connectivity index (χ1n) is 4.44. The fourth-order valence-electron chi connectivity index (χ4n) is 1.53. The third-order valence-electron chi connectivity index (χ3n) is 2.31. The van der Waals surface area contributed by atoms with E-state index in [1.54, 1.807) is 0 Å². The lowest BCUT2D eigenvalue weighted by Gasteiger charge is -2.21. The molecule has 0 fully saturated rings. The van der Waals surface area contributed by atoms with Crippen LogP contribution in [0.1, 0.15) is 23.5 Å². The van der Waals surface area contributed by atoms with Crippen LogP contribution in [0.5, 0.6) is 0 Å². The molecule has 1 aliphatic rings. The average molecular weight is 229 g/mol. The topological polar surface area (TPSA) is 87.4 Å². The van der Waals surface area contributed by atoms with Gasteiger partial charge in [0.25, 0.3) is 5.91 Å². The largest absolute Gasteiger partial charge is 0.511 e. The maximum Gasteiger partial charge on any atom is 0.511 e. The molecule has 0 spiro atoms. The molecular formula is C7H9BClN3O3. The fourth-order valence-corrected chi connectivity index (χ4v) is 1.84. The normalized spacial score (nSPS) is 19.7. The van der Waals surface area contributed by atoms with Gasteiger partial charge in [-0.2, -0.15) is 5.10 Å². The second-order valence-electron chi connectivity index (χ2n) is 3.43. The van der Waals surface area contributed by atoms with Crippen LogP contribution in [-0.2, 0) is 0 Å². The monoisotopic (exact) mass is 229 g/mol. The van der Waals surface area contributed by atoms with Crippen LogP contribution in [-0.4, -0.2) is 39.4 Å². The van der Waals surface area contributed by atoms with Gasteiger partial charge in [-0.25, -0.2) is 0 Å². The van der Waals surface area contributed by atoms with Gasteiger partial charge in [0.05, 0.1) is 11.1 Å². The van der Waals surface area contributed by atoms with Gasteiger partial charge < -0.3 is 15.4 Å². The van der Waals surface area contributed by atoms with E-state index in [1.165, 1.54) is 4.68 Å². The van der Waals surface area contributed by atoms with E-state index in [4.69, 9.17) is 21.6 Å². The van der Waals surface area contributed by atoms with Gasteiger partial charge in [-0.3, -0.25) is 9.48 Å². The molecule has 2 rings (SSSR count). The second-order valence-corrected chi connectivity index (χ2v) is 3.80.